The van der Waals surface area contributed by atoms with E-state index < -0.39 is 40.0 Å². The summed E-state index contributed by atoms with van der Waals surface area (Å²) in [6, 6.07) is 18.8. The van der Waals surface area contributed by atoms with Crippen molar-refractivity contribution >= 4 is 40.0 Å². The summed E-state index contributed by atoms with van der Waals surface area (Å²) < 4.78 is 6.59. The van der Waals surface area contributed by atoms with E-state index in [1.54, 1.807) is 60.7 Å². The van der Waals surface area contributed by atoms with Crippen molar-refractivity contribution in [3.8, 4) is 0 Å². The number of hydrogen-bond donors (Lipinski definition) is 2. The molecule has 0 aliphatic carbocycles. The van der Waals surface area contributed by atoms with Crippen LogP contribution in [0.15, 0.2) is 60.7 Å². The lowest BCUT2D eigenvalue weighted by molar-refractivity contribution is -0.117. The van der Waals surface area contributed by atoms with Gasteiger partial charge in [-0.1, -0.05) is 60.7 Å². The van der Waals surface area contributed by atoms with Crippen LogP contribution in [-0.2, 0) is 13.7 Å². The zero-order valence-electron chi connectivity index (χ0n) is 21.1. The Hall–Kier alpha value is -2.89. The van der Waals surface area contributed by atoms with Gasteiger partial charge in [-0.3, -0.25) is 19.2 Å². The molecule has 0 fully saturated rings. The molecule has 0 aromatic heterocycles. The number of hydrogen-bond acceptors (Lipinski definition) is 5. The molecule has 2 amide bonds. The highest BCUT2D eigenvalue weighted by Crippen LogP contribution is 2.23. The van der Waals surface area contributed by atoms with Gasteiger partial charge in [-0.05, 0) is 51.1 Å². The highest BCUT2D eigenvalue weighted by atomic mass is 28.4. The molecule has 2 aromatic carbocycles. The van der Waals surface area contributed by atoms with E-state index in [9.17, 15) is 19.2 Å². The van der Waals surface area contributed by atoms with Crippen LogP contribution in [0.2, 0.25) is 38.3 Å². The summed E-state index contributed by atoms with van der Waals surface area (Å²) in [6.07, 6.45) is 1.49. The monoisotopic (exact) mass is 512 g/mol. The predicted octanol–water partition coefficient (Wildman–Crippen LogP) is 4.19. The van der Waals surface area contributed by atoms with Crippen molar-refractivity contribution in [1.29, 1.82) is 0 Å². The van der Waals surface area contributed by atoms with Gasteiger partial charge in [-0.25, -0.2) is 0 Å². The fourth-order valence-corrected chi connectivity index (χ4v) is 12.7. The second-order valence-electron chi connectivity index (χ2n) is 9.73. The Bertz CT molecular complexity index is 929. The molecule has 0 heterocycles. The van der Waals surface area contributed by atoms with Crippen LogP contribution in [0.5, 0.6) is 0 Å². The summed E-state index contributed by atoms with van der Waals surface area (Å²) in [7, 11) is -3.92. The fourth-order valence-electron chi connectivity index (χ4n) is 3.88. The molecular weight excluding hydrogens is 476 g/mol. The van der Waals surface area contributed by atoms with E-state index in [1.807, 2.05) is 0 Å². The lowest BCUT2D eigenvalue weighted by Crippen LogP contribution is -2.45. The van der Waals surface area contributed by atoms with E-state index in [2.05, 4.69) is 36.8 Å². The molecule has 7 nitrogen and oxygen atoms in total. The SMILES string of the molecule is C[Si](C)(CCCNC(=O)C(=O)c1ccccc1)O[Si](C)(C)CCCNC(=O)C(=O)c1ccccc1. The van der Waals surface area contributed by atoms with Gasteiger partial charge in [-0.2, -0.15) is 0 Å². The third-order valence-electron chi connectivity index (χ3n) is 5.52. The van der Waals surface area contributed by atoms with E-state index in [4.69, 9.17) is 4.12 Å². The minimum absolute atomic E-state index is 0.386. The number of rotatable bonds is 14. The summed E-state index contributed by atoms with van der Waals surface area (Å²) in [5.41, 5.74) is 0.771. The van der Waals surface area contributed by atoms with Gasteiger partial charge in [0.2, 0.25) is 11.6 Å². The molecule has 0 aliphatic rings. The number of benzene rings is 2. The van der Waals surface area contributed by atoms with E-state index in [1.165, 1.54) is 0 Å². The second kappa shape index (κ2) is 13.3. The van der Waals surface area contributed by atoms with Crippen molar-refractivity contribution in [3.63, 3.8) is 0 Å². The number of carbonyl (C=O) groups is 4. The number of Topliss-reactive ketones (excluding diaryl/α,β-unsaturated/α-hetero) is 2. The maximum atomic E-state index is 12.1. The van der Waals surface area contributed by atoms with Crippen LogP contribution in [0, 0.1) is 0 Å². The molecule has 0 aliphatic heterocycles. The van der Waals surface area contributed by atoms with Gasteiger partial charge < -0.3 is 14.7 Å². The van der Waals surface area contributed by atoms with Crippen LogP contribution in [-0.4, -0.2) is 53.1 Å². The minimum atomic E-state index is -1.96. The van der Waals surface area contributed by atoms with Crippen LogP contribution >= 0.6 is 0 Å². The average molecular weight is 513 g/mol. The number of carbonyl (C=O) groups excluding carboxylic acids is 4. The van der Waals surface area contributed by atoms with Crippen molar-refractivity contribution in [2.45, 2.75) is 51.1 Å². The second-order valence-corrected chi connectivity index (χ2v) is 18.6. The first-order chi connectivity index (χ1) is 16.5. The summed E-state index contributed by atoms with van der Waals surface area (Å²) in [4.78, 5) is 48.4. The molecule has 0 saturated heterocycles. The zero-order chi connectivity index (χ0) is 25.9. The van der Waals surface area contributed by atoms with E-state index in [-0.39, 0.29) is 0 Å². The third-order valence-corrected chi connectivity index (χ3v) is 13.1. The van der Waals surface area contributed by atoms with E-state index in [0.717, 1.165) is 24.9 Å². The van der Waals surface area contributed by atoms with Crippen molar-refractivity contribution in [2.24, 2.45) is 0 Å². The topological polar surface area (TPSA) is 102 Å². The van der Waals surface area contributed by atoms with Gasteiger partial charge in [0.15, 0.2) is 16.6 Å². The number of ketones is 2. The van der Waals surface area contributed by atoms with Gasteiger partial charge in [0.05, 0.1) is 0 Å². The Labute approximate surface area is 209 Å². The van der Waals surface area contributed by atoms with E-state index >= 15 is 0 Å². The molecular formula is C26H36N2O5Si2. The lowest BCUT2D eigenvalue weighted by Gasteiger charge is -2.34. The van der Waals surface area contributed by atoms with Gasteiger partial charge in [0.25, 0.3) is 11.8 Å². The highest BCUT2D eigenvalue weighted by molar-refractivity contribution is 6.84. The predicted molar refractivity (Wildman–Crippen MR) is 142 cm³/mol. The Kier molecular flexibility index (Phi) is 10.7. The van der Waals surface area contributed by atoms with E-state index in [0.29, 0.717) is 24.2 Å². The van der Waals surface area contributed by atoms with Crippen molar-refractivity contribution in [3.05, 3.63) is 71.8 Å². The largest absolute Gasteiger partial charge is 0.455 e. The Morgan fingerprint density at radius 3 is 1.31 bits per heavy atom. The quantitative estimate of drug-likeness (QED) is 0.171. The van der Waals surface area contributed by atoms with Gasteiger partial charge in [0.1, 0.15) is 0 Å². The smallest absolute Gasteiger partial charge is 0.292 e. The van der Waals surface area contributed by atoms with Crippen molar-refractivity contribution < 1.29 is 23.3 Å². The maximum absolute atomic E-state index is 12.1. The molecule has 9 heteroatoms. The standard InChI is InChI=1S/C26H36N2O5Si2/c1-34(2,19-11-17-27-25(31)23(29)21-13-7-5-8-14-21)33-35(3,4)20-12-18-28-26(32)24(30)22-15-9-6-10-16-22/h5-10,13-16H,11-12,17-20H2,1-4H3,(H,27,31)(H,28,32). The van der Waals surface area contributed by atoms with Crippen molar-refractivity contribution in [1.82, 2.24) is 10.6 Å². The first kappa shape index (κ1) is 28.4. The first-order valence-electron chi connectivity index (χ1n) is 12.0. The van der Waals surface area contributed by atoms with Crippen LogP contribution in [0.4, 0.5) is 0 Å². The van der Waals surface area contributed by atoms with Crippen LogP contribution in [0.25, 0.3) is 0 Å². The number of nitrogens with one attached hydrogen (secondary N) is 2. The molecule has 0 radical (unpaired) electrons. The minimum Gasteiger partial charge on any atom is -0.455 e. The average Bonchev–Trinajstić information content (AvgIpc) is 2.83. The molecule has 188 valence electrons. The molecule has 0 unspecified atom stereocenters. The van der Waals surface area contributed by atoms with Gasteiger partial charge in [0, 0.05) is 24.2 Å². The van der Waals surface area contributed by atoms with Gasteiger partial charge >= 0.3 is 0 Å². The zero-order valence-corrected chi connectivity index (χ0v) is 23.1. The Morgan fingerprint density at radius 2 is 0.971 bits per heavy atom. The van der Waals surface area contributed by atoms with Gasteiger partial charge in [-0.15, -0.1) is 0 Å². The Morgan fingerprint density at radius 1 is 0.629 bits per heavy atom. The Balaban J connectivity index is 1.67. The molecule has 2 N–H and O–H groups in total. The molecule has 35 heavy (non-hydrogen) atoms. The van der Waals surface area contributed by atoms with Crippen LogP contribution < -0.4 is 10.6 Å². The molecule has 0 bridgehead atoms. The summed E-state index contributed by atoms with van der Waals surface area (Å²) in [5.74, 6) is -2.22. The third kappa shape index (κ3) is 10.1. The lowest BCUT2D eigenvalue weighted by atomic mass is 10.1. The molecule has 2 aromatic rings. The molecule has 0 saturated carbocycles. The fraction of sp³-hybridized carbons (Fsp3) is 0.385. The van der Waals surface area contributed by atoms with Crippen LogP contribution in [0.1, 0.15) is 33.6 Å². The maximum Gasteiger partial charge on any atom is 0.292 e. The summed E-state index contributed by atoms with van der Waals surface area (Å²) >= 11 is 0. The molecule has 0 atom stereocenters. The first-order valence-corrected chi connectivity index (χ1v) is 18.2. The molecule has 2 rings (SSSR count). The van der Waals surface area contributed by atoms with Crippen molar-refractivity contribution in [2.75, 3.05) is 13.1 Å². The summed E-state index contributed by atoms with van der Waals surface area (Å²) in [6.45, 7) is 9.53. The number of amides is 2. The molecule has 0 spiro atoms. The normalized spacial score (nSPS) is 11.5. The summed E-state index contributed by atoms with van der Waals surface area (Å²) in [5, 5.41) is 5.42. The van der Waals surface area contributed by atoms with Crippen LogP contribution in [0.3, 0.4) is 0 Å². The highest BCUT2D eigenvalue weighted by Gasteiger charge is 2.32.